The maximum absolute atomic E-state index is 12.8. The van der Waals surface area contributed by atoms with E-state index in [9.17, 15) is 13.2 Å². The van der Waals surface area contributed by atoms with Crippen LogP contribution < -0.4 is 0 Å². The van der Waals surface area contributed by atoms with Crippen LogP contribution in [0.5, 0.6) is 0 Å². The van der Waals surface area contributed by atoms with Gasteiger partial charge in [0.2, 0.25) is 10.0 Å². The second-order valence-electron chi connectivity index (χ2n) is 5.30. The molecule has 130 valence electrons. The molecule has 0 aliphatic carbocycles. The summed E-state index contributed by atoms with van der Waals surface area (Å²) in [5.74, 6) is 1.53. The van der Waals surface area contributed by atoms with Crippen molar-refractivity contribution in [3.05, 3.63) is 42.5 Å². The molecule has 5 nitrogen and oxygen atoms in total. The third-order valence-electron chi connectivity index (χ3n) is 3.35. The monoisotopic (exact) mass is 349 g/mol. The van der Waals surface area contributed by atoms with Gasteiger partial charge in [0.05, 0.1) is 4.90 Å². The van der Waals surface area contributed by atoms with Crippen molar-refractivity contribution in [3.63, 3.8) is 0 Å². The Morgan fingerprint density at radius 2 is 2.00 bits per heavy atom. The Hall–Kier alpha value is -2.10. The molecule has 0 aromatic heterocycles. The molecule has 0 bridgehead atoms. The van der Waals surface area contributed by atoms with Crippen LogP contribution >= 0.6 is 0 Å². The molecular formula is C18H23NO4S. The molecule has 24 heavy (non-hydrogen) atoms. The molecule has 0 N–H and O–H groups in total. The Balaban J connectivity index is 2.92. The number of carbonyl (C=O) groups is 1. The van der Waals surface area contributed by atoms with Gasteiger partial charge in [0.25, 0.3) is 0 Å². The highest BCUT2D eigenvalue weighted by molar-refractivity contribution is 7.89. The lowest BCUT2D eigenvalue weighted by Gasteiger charge is -2.21. The Labute approximate surface area is 144 Å². The molecule has 1 aromatic rings. The van der Waals surface area contributed by atoms with Gasteiger partial charge in [-0.15, -0.1) is 13.0 Å². The molecule has 1 rings (SSSR count). The fourth-order valence-electron chi connectivity index (χ4n) is 2.03. The van der Waals surface area contributed by atoms with Crippen LogP contribution in [0.15, 0.2) is 41.8 Å². The zero-order valence-electron chi connectivity index (χ0n) is 13.9. The van der Waals surface area contributed by atoms with Gasteiger partial charge in [0, 0.05) is 6.54 Å². The summed E-state index contributed by atoms with van der Waals surface area (Å²) >= 11 is 0. The summed E-state index contributed by atoms with van der Waals surface area (Å²) in [5.41, 5.74) is 0.958. The predicted molar refractivity (Wildman–Crippen MR) is 93.8 cm³/mol. The first-order valence-corrected chi connectivity index (χ1v) is 9.12. The van der Waals surface area contributed by atoms with Crippen LogP contribution in [0.4, 0.5) is 0 Å². The molecule has 0 radical (unpaired) electrons. The molecule has 0 aliphatic rings. The third kappa shape index (κ3) is 6.19. The minimum Gasteiger partial charge on any atom is -0.452 e. The molecule has 0 saturated carbocycles. The van der Waals surface area contributed by atoms with Gasteiger partial charge < -0.3 is 4.74 Å². The highest BCUT2D eigenvalue weighted by Gasteiger charge is 2.26. The van der Waals surface area contributed by atoms with E-state index in [0.717, 1.165) is 22.7 Å². The number of sulfonamides is 1. The molecule has 0 fully saturated rings. The van der Waals surface area contributed by atoms with Crippen molar-refractivity contribution in [2.24, 2.45) is 0 Å². The van der Waals surface area contributed by atoms with Crippen LogP contribution in [0.2, 0.25) is 0 Å². The Morgan fingerprint density at radius 1 is 1.33 bits per heavy atom. The van der Waals surface area contributed by atoms with Crippen molar-refractivity contribution in [2.45, 2.75) is 31.1 Å². The van der Waals surface area contributed by atoms with Gasteiger partial charge in [-0.1, -0.05) is 29.7 Å². The maximum Gasteiger partial charge on any atom is 0.322 e. The molecule has 0 saturated heterocycles. The maximum atomic E-state index is 12.8. The molecule has 6 heteroatoms. The zero-order chi connectivity index (χ0) is 18.0. The molecule has 0 heterocycles. The van der Waals surface area contributed by atoms with Crippen molar-refractivity contribution in [1.29, 1.82) is 0 Å². The molecule has 0 atom stereocenters. The second-order valence-corrected chi connectivity index (χ2v) is 7.24. The summed E-state index contributed by atoms with van der Waals surface area (Å²) in [6.45, 7) is 5.22. The summed E-state index contributed by atoms with van der Waals surface area (Å²) in [5, 5.41) is 0. The van der Waals surface area contributed by atoms with Crippen molar-refractivity contribution in [3.8, 4) is 12.3 Å². The summed E-state index contributed by atoms with van der Waals surface area (Å²) < 4.78 is 31.5. The molecule has 0 amide bonds. The van der Waals surface area contributed by atoms with Crippen molar-refractivity contribution < 1.29 is 17.9 Å². The number of nitrogens with zero attached hydrogens (tertiary/aromatic N) is 1. The van der Waals surface area contributed by atoms with E-state index in [1.807, 2.05) is 6.92 Å². The average molecular weight is 349 g/mol. The van der Waals surface area contributed by atoms with Crippen LogP contribution in [0.3, 0.4) is 0 Å². The number of unbranched alkanes of at least 4 members (excludes halogenated alkanes) is 2. The van der Waals surface area contributed by atoms with Gasteiger partial charge in [-0.05, 0) is 38.3 Å². The minimum absolute atomic E-state index is 0.154. The lowest BCUT2D eigenvalue weighted by molar-refractivity contribution is -0.142. The van der Waals surface area contributed by atoms with Gasteiger partial charge in [0.15, 0.2) is 6.61 Å². The van der Waals surface area contributed by atoms with E-state index in [0.29, 0.717) is 6.42 Å². The van der Waals surface area contributed by atoms with E-state index in [4.69, 9.17) is 11.2 Å². The number of benzene rings is 1. The molecule has 0 aliphatic heterocycles. The summed E-state index contributed by atoms with van der Waals surface area (Å²) in [7, 11) is -3.77. The largest absolute Gasteiger partial charge is 0.452 e. The van der Waals surface area contributed by atoms with Gasteiger partial charge in [-0.3, -0.25) is 4.79 Å². The lowest BCUT2D eigenvalue weighted by atomic mass is 10.2. The van der Waals surface area contributed by atoms with Crippen LogP contribution in [0.25, 0.3) is 0 Å². The van der Waals surface area contributed by atoms with Gasteiger partial charge in [-0.2, -0.15) is 4.31 Å². The smallest absolute Gasteiger partial charge is 0.322 e. The number of aryl methyl sites for hydroxylation is 1. The second kappa shape index (κ2) is 9.91. The van der Waals surface area contributed by atoms with E-state index < -0.39 is 16.0 Å². The highest BCUT2D eigenvalue weighted by Crippen LogP contribution is 2.17. The number of esters is 1. The molecule has 1 aromatic carbocycles. The van der Waals surface area contributed by atoms with Gasteiger partial charge >= 0.3 is 5.97 Å². The zero-order valence-corrected chi connectivity index (χ0v) is 14.7. The number of allylic oxidation sites excluding steroid dienone is 1. The van der Waals surface area contributed by atoms with Gasteiger partial charge in [-0.25, -0.2) is 8.42 Å². The molecular weight excluding hydrogens is 326 g/mol. The first kappa shape index (κ1) is 19.9. The summed E-state index contributed by atoms with van der Waals surface area (Å²) in [6.07, 6.45) is 9.03. The van der Waals surface area contributed by atoms with Crippen molar-refractivity contribution in [1.82, 2.24) is 4.31 Å². The average Bonchev–Trinajstić information content (AvgIpc) is 2.56. The fraction of sp³-hybridized carbons (Fsp3) is 0.389. The standard InChI is InChI=1S/C18H23NO4S/c1-4-6-7-8-13-19(15-18(20)23-14-5-2)24(21,22)17-11-9-16(3)10-12-17/h2,4,9-12H,1,6-8,13-15H2,3H3. The Kier molecular flexibility index (Phi) is 8.24. The molecule has 0 spiro atoms. The summed E-state index contributed by atoms with van der Waals surface area (Å²) in [6, 6.07) is 6.52. The lowest BCUT2D eigenvalue weighted by Crippen LogP contribution is -2.37. The summed E-state index contributed by atoms with van der Waals surface area (Å²) in [4.78, 5) is 11.9. The fourth-order valence-corrected chi connectivity index (χ4v) is 3.46. The van der Waals surface area contributed by atoms with E-state index in [1.54, 1.807) is 18.2 Å². The SMILES string of the molecule is C#CCOC(=O)CN(CCCCC=C)S(=O)(=O)c1ccc(C)cc1. The van der Waals surface area contributed by atoms with Crippen molar-refractivity contribution >= 4 is 16.0 Å². The Bertz CT molecular complexity index is 687. The first-order valence-electron chi connectivity index (χ1n) is 7.68. The first-order chi connectivity index (χ1) is 11.4. The van der Waals surface area contributed by atoms with E-state index in [1.165, 1.54) is 12.1 Å². The number of hydrogen-bond acceptors (Lipinski definition) is 4. The van der Waals surface area contributed by atoms with Crippen LogP contribution in [0, 0.1) is 19.3 Å². The van der Waals surface area contributed by atoms with E-state index >= 15 is 0 Å². The van der Waals surface area contributed by atoms with Crippen LogP contribution in [-0.4, -0.2) is 38.4 Å². The normalized spacial score (nSPS) is 11.0. The molecule has 0 unspecified atom stereocenters. The Morgan fingerprint density at radius 3 is 2.58 bits per heavy atom. The van der Waals surface area contributed by atoms with Crippen molar-refractivity contribution in [2.75, 3.05) is 19.7 Å². The van der Waals surface area contributed by atoms with E-state index in [2.05, 4.69) is 12.5 Å². The minimum atomic E-state index is -3.77. The number of ether oxygens (including phenoxy) is 1. The van der Waals surface area contributed by atoms with Gasteiger partial charge in [0.1, 0.15) is 6.54 Å². The van der Waals surface area contributed by atoms with Crippen LogP contribution in [0.1, 0.15) is 24.8 Å². The quantitative estimate of drug-likeness (QED) is 0.282. The third-order valence-corrected chi connectivity index (χ3v) is 5.21. The van der Waals surface area contributed by atoms with Crippen LogP contribution in [-0.2, 0) is 19.6 Å². The number of terminal acetylenes is 1. The topological polar surface area (TPSA) is 63.7 Å². The van der Waals surface area contributed by atoms with E-state index in [-0.39, 0.29) is 24.6 Å². The predicted octanol–water partition coefficient (Wildman–Crippen LogP) is 2.52. The highest BCUT2D eigenvalue weighted by atomic mass is 32.2. The number of carbonyl (C=O) groups excluding carboxylic acids is 1. The number of rotatable bonds is 10. The number of hydrogen-bond donors (Lipinski definition) is 0.